The van der Waals surface area contributed by atoms with Gasteiger partial charge in [-0.2, -0.15) is 0 Å². The molecule has 0 aliphatic heterocycles. The molecule has 1 atom stereocenters. The van der Waals surface area contributed by atoms with E-state index in [1.165, 1.54) is 0 Å². The molecule has 6 nitrogen and oxygen atoms in total. The molecule has 0 heterocycles. The second-order valence-electron chi connectivity index (χ2n) is 6.53. The van der Waals surface area contributed by atoms with Gasteiger partial charge in [0, 0.05) is 12.1 Å². The first-order valence-electron chi connectivity index (χ1n) is 8.76. The van der Waals surface area contributed by atoms with Crippen LogP contribution in [0.1, 0.15) is 24.5 Å². The highest BCUT2D eigenvalue weighted by molar-refractivity contribution is 5.91. The number of carboxylic acid groups (broad SMARTS) is 1. The van der Waals surface area contributed by atoms with E-state index in [1.54, 1.807) is 25.3 Å². The molecule has 2 aromatic rings. The summed E-state index contributed by atoms with van der Waals surface area (Å²) < 4.78 is 10.5. The van der Waals surface area contributed by atoms with Crippen LogP contribution >= 0.6 is 0 Å². The summed E-state index contributed by atoms with van der Waals surface area (Å²) in [6.45, 7) is 3.47. The van der Waals surface area contributed by atoms with Crippen LogP contribution in [-0.4, -0.2) is 30.7 Å². The van der Waals surface area contributed by atoms with E-state index in [9.17, 15) is 9.59 Å². The van der Waals surface area contributed by atoms with Gasteiger partial charge in [-0.1, -0.05) is 25.1 Å². The van der Waals surface area contributed by atoms with Crippen molar-refractivity contribution in [3.63, 3.8) is 0 Å². The van der Waals surface area contributed by atoms with E-state index in [1.807, 2.05) is 38.1 Å². The van der Waals surface area contributed by atoms with Crippen LogP contribution in [0.4, 0.5) is 5.69 Å². The number of hydrogen-bond acceptors (Lipinski definition) is 4. The Kier molecular flexibility index (Phi) is 7.23. The molecule has 0 saturated heterocycles. The Morgan fingerprint density at radius 2 is 1.93 bits per heavy atom. The van der Waals surface area contributed by atoms with Crippen molar-refractivity contribution < 1.29 is 24.2 Å². The van der Waals surface area contributed by atoms with Crippen LogP contribution in [0.2, 0.25) is 0 Å². The van der Waals surface area contributed by atoms with Crippen molar-refractivity contribution in [2.24, 2.45) is 5.92 Å². The average molecular weight is 371 g/mol. The van der Waals surface area contributed by atoms with E-state index >= 15 is 0 Å². The molecule has 6 heteroatoms. The molecule has 0 aliphatic carbocycles. The van der Waals surface area contributed by atoms with Crippen LogP contribution in [0.3, 0.4) is 0 Å². The second kappa shape index (κ2) is 9.62. The number of benzene rings is 2. The molecule has 1 amide bonds. The van der Waals surface area contributed by atoms with Gasteiger partial charge in [-0.15, -0.1) is 0 Å². The lowest BCUT2D eigenvalue weighted by Gasteiger charge is -2.15. The first-order chi connectivity index (χ1) is 12.9. The number of ether oxygens (including phenoxy) is 2. The van der Waals surface area contributed by atoms with Crippen LogP contribution in [0.5, 0.6) is 11.5 Å². The van der Waals surface area contributed by atoms with Crippen LogP contribution < -0.4 is 14.8 Å². The summed E-state index contributed by atoms with van der Waals surface area (Å²) >= 11 is 0. The third-order valence-corrected chi connectivity index (χ3v) is 4.13. The lowest BCUT2D eigenvalue weighted by Crippen LogP contribution is -2.17. The lowest BCUT2D eigenvalue weighted by molar-refractivity contribution is -0.139. The lowest BCUT2D eigenvalue weighted by atomic mass is 9.97. The number of carbonyl (C=O) groups is 2. The van der Waals surface area contributed by atoms with Gasteiger partial charge in [-0.05, 0) is 54.7 Å². The van der Waals surface area contributed by atoms with Crippen LogP contribution in [0, 0.1) is 12.8 Å². The molecule has 0 fully saturated rings. The smallest absolute Gasteiger partial charge is 0.341 e. The Hall–Kier alpha value is -3.02. The second-order valence-corrected chi connectivity index (χ2v) is 6.53. The van der Waals surface area contributed by atoms with Gasteiger partial charge in [0.2, 0.25) is 5.91 Å². The Morgan fingerprint density at radius 1 is 1.19 bits per heavy atom. The third kappa shape index (κ3) is 6.33. The highest BCUT2D eigenvalue weighted by Gasteiger charge is 2.13. The number of hydrogen-bond donors (Lipinski definition) is 2. The molecule has 27 heavy (non-hydrogen) atoms. The normalized spacial score (nSPS) is 11.5. The predicted octanol–water partition coefficient (Wildman–Crippen LogP) is 3.67. The minimum absolute atomic E-state index is 0.0697. The first kappa shape index (κ1) is 20.3. The van der Waals surface area contributed by atoms with E-state index in [-0.39, 0.29) is 11.8 Å². The highest BCUT2D eigenvalue weighted by Crippen LogP contribution is 2.24. The number of methoxy groups -OCH3 is 1. The van der Waals surface area contributed by atoms with E-state index in [2.05, 4.69) is 5.32 Å². The predicted molar refractivity (Wildman–Crippen MR) is 103 cm³/mol. The molecular weight excluding hydrogens is 346 g/mol. The fourth-order valence-corrected chi connectivity index (χ4v) is 2.85. The Balaban J connectivity index is 1.92. The summed E-state index contributed by atoms with van der Waals surface area (Å²) in [6, 6.07) is 12.9. The zero-order chi connectivity index (χ0) is 19.8. The number of carbonyl (C=O) groups excluding carboxylic acids is 1. The summed E-state index contributed by atoms with van der Waals surface area (Å²) in [5.74, 6) is 0.337. The number of rotatable bonds is 9. The van der Waals surface area contributed by atoms with Gasteiger partial charge < -0.3 is 19.9 Å². The van der Waals surface area contributed by atoms with Crippen molar-refractivity contribution in [2.75, 3.05) is 19.0 Å². The molecule has 2 N–H and O–H groups in total. The average Bonchev–Trinajstić information content (AvgIpc) is 2.62. The quantitative estimate of drug-likeness (QED) is 0.702. The van der Waals surface area contributed by atoms with Gasteiger partial charge in [0.05, 0.1) is 7.11 Å². The van der Waals surface area contributed by atoms with Crippen LogP contribution in [-0.2, 0) is 16.0 Å². The molecule has 2 rings (SSSR count). The minimum Gasteiger partial charge on any atom is -0.496 e. The first-order valence-corrected chi connectivity index (χ1v) is 8.76. The number of aryl methyl sites for hydroxylation is 1. The molecular formula is C21H25NO5. The number of nitrogens with one attached hydrogen (secondary N) is 1. The van der Waals surface area contributed by atoms with Gasteiger partial charge in [-0.3, -0.25) is 4.79 Å². The minimum atomic E-state index is -1.03. The number of para-hydroxylation sites is 1. The summed E-state index contributed by atoms with van der Waals surface area (Å²) in [5, 5.41) is 11.6. The van der Waals surface area contributed by atoms with E-state index < -0.39 is 12.6 Å². The van der Waals surface area contributed by atoms with Crippen LogP contribution in [0.15, 0.2) is 42.5 Å². The zero-order valence-corrected chi connectivity index (χ0v) is 15.8. The van der Waals surface area contributed by atoms with Gasteiger partial charge in [0.15, 0.2) is 6.61 Å². The molecule has 144 valence electrons. The standard InChI is InChI=1S/C21H25NO5/c1-14(10-16-6-4-5-7-19(16)26-3)11-20(23)22-18-9-8-17(12-15(18)2)27-13-21(24)25/h4-9,12,14H,10-11,13H2,1-3H3,(H,22,23)(H,24,25). The summed E-state index contributed by atoms with van der Waals surface area (Å²) in [4.78, 5) is 22.9. The SMILES string of the molecule is COc1ccccc1CC(C)CC(=O)Nc1ccc(OCC(=O)O)cc1C. The number of carboxylic acids is 1. The van der Waals surface area contributed by atoms with Gasteiger partial charge in [0.1, 0.15) is 11.5 Å². The van der Waals surface area contributed by atoms with E-state index in [4.69, 9.17) is 14.6 Å². The maximum absolute atomic E-state index is 12.4. The Labute approximate surface area is 159 Å². The zero-order valence-electron chi connectivity index (χ0n) is 15.8. The van der Waals surface area contributed by atoms with Crippen molar-refractivity contribution in [3.8, 4) is 11.5 Å². The molecule has 0 aliphatic rings. The maximum Gasteiger partial charge on any atom is 0.341 e. The van der Waals surface area contributed by atoms with Crippen molar-refractivity contribution in [3.05, 3.63) is 53.6 Å². The summed E-state index contributed by atoms with van der Waals surface area (Å²) in [7, 11) is 1.64. The molecule has 0 saturated carbocycles. The molecule has 0 radical (unpaired) electrons. The Morgan fingerprint density at radius 3 is 2.59 bits per heavy atom. The molecule has 0 bridgehead atoms. The van der Waals surface area contributed by atoms with E-state index in [0.717, 1.165) is 23.3 Å². The topological polar surface area (TPSA) is 84.9 Å². The van der Waals surface area contributed by atoms with Crippen molar-refractivity contribution in [1.29, 1.82) is 0 Å². The van der Waals surface area contributed by atoms with Gasteiger partial charge in [-0.25, -0.2) is 4.79 Å². The number of amides is 1. The number of anilines is 1. The summed E-state index contributed by atoms with van der Waals surface area (Å²) in [5.41, 5.74) is 2.58. The van der Waals surface area contributed by atoms with E-state index in [0.29, 0.717) is 17.9 Å². The van der Waals surface area contributed by atoms with Crippen molar-refractivity contribution in [1.82, 2.24) is 0 Å². The monoisotopic (exact) mass is 371 g/mol. The third-order valence-electron chi connectivity index (χ3n) is 4.13. The molecule has 0 aromatic heterocycles. The Bertz CT molecular complexity index is 803. The number of aliphatic carboxylic acids is 1. The maximum atomic E-state index is 12.4. The van der Waals surface area contributed by atoms with Gasteiger partial charge in [0.25, 0.3) is 0 Å². The highest BCUT2D eigenvalue weighted by atomic mass is 16.5. The summed E-state index contributed by atoms with van der Waals surface area (Å²) in [6.07, 6.45) is 1.13. The van der Waals surface area contributed by atoms with Crippen molar-refractivity contribution >= 4 is 17.6 Å². The van der Waals surface area contributed by atoms with Crippen molar-refractivity contribution in [2.45, 2.75) is 26.7 Å². The fraction of sp³-hybridized carbons (Fsp3) is 0.333. The van der Waals surface area contributed by atoms with Crippen LogP contribution in [0.25, 0.3) is 0 Å². The van der Waals surface area contributed by atoms with Gasteiger partial charge >= 0.3 is 5.97 Å². The molecule has 0 spiro atoms. The fourth-order valence-electron chi connectivity index (χ4n) is 2.85. The largest absolute Gasteiger partial charge is 0.496 e. The molecule has 2 aromatic carbocycles. The molecule has 1 unspecified atom stereocenters.